The van der Waals surface area contributed by atoms with Crippen molar-refractivity contribution in [1.29, 1.82) is 0 Å². The van der Waals surface area contributed by atoms with Crippen LogP contribution in [0.1, 0.15) is 24.4 Å². The highest BCUT2D eigenvalue weighted by molar-refractivity contribution is 6.03. The highest BCUT2D eigenvalue weighted by Crippen LogP contribution is 2.24. The number of piperidine rings is 1. The average Bonchev–Trinajstić information content (AvgIpc) is 3.02. The Kier molecular flexibility index (Phi) is 5.56. The molecule has 0 atom stereocenters. The molecule has 0 aliphatic carbocycles. The molecule has 0 unspecified atom stereocenters. The zero-order valence-corrected chi connectivity index (χ0v) is 14.8. The quantitative estimate of drug-likeness (QED) is 0.815. The number of carbonyl (C=O) groups is 1. The van der Waals surface area contributed by atoms with Crippen LogP contribution < -0.4 is 10.6 Å². The summed E-state index contributed by atoms with van der Waals surface area (Å²) in [5.74, 6) is 1.32. The van der Waals surface area contributed by atoms with Crippen LogP contribution >= 0.6 is 0 Å². The number of likely N-dealkylation sites (tertiary alicyclic amines) is 1. The van der Waals surface area contributed by atoms with Crippen molar-refractivity contribution in [2.24, 2.45) is 0 Å². The largest absolute Gasteiger partial charge is 0.462 e. The fourth-order valence-electron chi connectivity index (χ4n) is 2.97. The van der Waals surface area contributed by atoms with E-state index in [1.807, 2.05) is 43.3 Å². The molecule has 0 radical (unpaired) electrons. The molecular weight excluding hydrogens is 314 g/mol. The molecule has 0 spiro atoms. The fourth-order valence-corrected chi connectivity index (χ4v) is 2.97. The second kappa shape index (κ2) is 8.03. The van der Waals surface area contributed by atoms with Gasteiger partial charge in [0.25, 0.3) is 0 Å². The van der Waals surface area contributed by atoms with Gasteiger partial charge in [0, 0.05) is 12.1 Å². The summed E-state index contributed by atoms with van der Waals surface area (Å²) in [5, 5.41) is 6.51. The first kappa shape index (κ1) is 17.3. The van der Waals surface area contributed by atoms with Gasteiger partial charge in [-0.25, -0.2) is 0 Å². The SMILES string of the molecule is Cc1ccc(/C=C\C(=O)Nc2ccccc2NC2CCN(C)CC2)o1. The summed E-state index contributed by atoms with van der Waals surface area (Å²) in [4.78, 5) is 14.5. The smallest absolute Gasteiger partial charge is 0.248 e. The van der Waals surface area contributed by atoms with Gasteiger partial charge < -0.3 is 20.0 Å². The van der Waals surface area contributed by atoms with Crippen LogP contribution in [0.15, 0.2) is 46.9 Å². The molecule has 1 amide bonds. The predicted octanol–water partition coefficient (Wildman–Crippen LogP) is 3.75. The Bertz CT molecular complexity index is 743. The van der Waals surface area contributed by atoms with Gasteiger partial charge in [0.15, 0.2) is 0 Å². The van der Waals surface area contributed by atoms with Crippen molar-refractivity contribution < 1.29 is 9.21 Å². The lowest BCUT2D eigenvalue weighted by atomic mass is 10.0. The van der Waals surface area contributed by atoms with Crippen LogP contribution in [0.2, 0.25) is 0 Å². The predicted molar refractivity (Wildman–Crippen MR) is 102 cm³/mol. The molecular formula is C20H25N3O2. The van der Waals surface area contributed by atoms with Gasteiger partial charge in [-0.2, -0.15) is 0 Å². The molecule has 1 aliphatic heterocycles. The molecule has 2 heterocycles. The number of aryl methyl sites for hydroxylation is 1. The minimum Gasteiger partial charge on any atom is -0.462 e. The summed E-state index contributed by atoms with van der Waals surface area (Å²) in [6.45, 7) is 4.07. The normalized spacial score (nSPS) is 16.2. The number of hydrogen-bond donors (Lipinski definition) is 2. The van der Waals surface area contributed by atoms with Crippen LogP contribution in [0.3, 0.4) is 0 Å². The molecule has 0 saturated carbocycles. The molecule has 0 bridgehead atoms. The van der Waals surface area contributed by atoms with Crippen molar-refractivity contribution in [2.45, 2.75) is 25.8 Å². The van der Waals surface area contributed by atoms with Gasteiger partial charge in [-0.1, -0.05) is 12.1 Å². The topological polar surface area (TPSA) is 57.5 Å². The molecule has 2 aromatic rings. The molecule has 3 rings (SSSR count). The van der Waals surface area contributed by atoms with Gasteiger partial charge in [-0.05, 0) is 70.2 Å². The van der Waals surface area contributed by atoms with E-state index in [-0.39, 0.29) is 5.91 Å². The second-order valence-corrected chi connectivity index (χ2v) is 6.54. The molecule has 1 aromatic heterocycles. The van der Waals surface area contributed by atoms with E-state index >= 15 is 0 Å². The Morgan fingerprint density at radius 1 is 1.16 bits per heavy atom. The molecule has 1 aliphatic rings. The fraction of sp³-hybridized carbons (Fsp3) is 0.350. The lowest BCUT2D eigenvalue weighted by Gasteiger charge is -2.30. The van der Waals surface area contributed by atoms with Crippen LogP contribution in [-0.4, -0.2) is 37.0 Å². The minimum atomic E-state index is -0.174. The third-order valence-corrected chi connectivity index (χ3v) is 4.42. The zero-order valence-electron chi connectivity index (χ0n) is 14.8. The van der Waals surface area contributed by atoms with Crippen LogP contribution in [0, 0.1) is 6.92 Å². The van der Waals surface area contributed by atoms with Crippen LogP contribution in [0.5, 0.6) is 0 Å². The summed E-state index contributed by atoms with van der Waals surface area (Å²) in [7, 11) is 2.15. The molecule has 25 heavy (non-hydrogen) atoms. The lowest BCUT2D eigenvalue weighted by Crippen LogP contribution is -2.36. The van der Waals surface area contributed by atoms with Gasteiger partial charge in [0.1, 0.15) is 11.5 Å². The standard InChI is InChI=1S/C20H25N3O2/c1-15-7-8-17(25-15)9-10-20(24)22-19-6-4-3-5-18(19)21-16-11-13-23(2)14-12-16/h3-10,16,21H,11-14H2,1-2H3,(H,22,24)/b10-9-. The summed E-state index contributed by atoms with van der Waals surface area (Å²) >= 11 is 0. The number of hydrogen-bond acceptors (Lipinski definition) is 4. The van der Waals surface area contributed by atoms with E-state index < -0.39 is 0 Å². The maximum absolute atomic E-state index is 12.2. The zero-order chi connectivity index (χ0) is 17.6. The maximum atomic E-state index is 12.2. The molecule has 2 N–H and O–H groups in total. The van der Waals surface area contributed by atoms with E-state index in [1.165, 1.54) is 6.08 Å². The molecule has 1 fully saturated rings. The number of amides is 1. The highest BCUT2D eigenvalue weighted by atomic mass is 16.3. The summed E-state index contributed by atoms with van der Waals surface area (Å²) in [6, 6.07) is 12.0. The van der Waals surface area contributed by atoms with E-state index in [4.69, 9.17) is 4.42 Å². The third kappa shape index (κ3) is 4.97. The maximum Gasteiger partial charge on any atom is 0.248 e. The monoisotopic (exact) mass is 339 g/mol. The Balaban J connectivity index is 1.62. The third-order valence-electron chi connectivity index (χ3n) is 4.42. The van der Waals surface area contributed by atoms with Crippen molar-refractivity contribution in [3.05, 3.63) is 54.0 Å². The van der Waals surface area contributed by atoms with Crippen LogP contribution in [-0.2, 0) is 4.79 Å². The summed E-state index contributed by atoms with van der Waals surface area (Å²) in [6.07, 6.45) is 5.38. The Morgan fingerprint density at radius 3 is 2.56 bits per heavy atom. The summed E-state index contributed by atoms with van der Waals surface area (Å²) < 4.78 is 5.43. The number of furan rings is 1. The molecule has 1 aromatic carbocycles. The molecule has 132 valence electrons. The van der Waals surface area contributed by atoms with Gasteiger partial charge in [-0.15, -0.1) is 0 Å². The van der Waals surface area contributed by atoms with E-state index in [1.54, 1.807) is 6.08 Å². The number of nitrogens with zero attached hydrogens (tertiary/aromatic N) is 1. The number of anilines is 2. The van der Waals surface area contributed by atoms with E-state index in [9.17, 15) is 4.79 Å². The van der Waals surface area contributed by atoms with E-state index in [0.717, 1.165) is 43.1 Å². The second-order valence-electron chi connectivity index (χ2n) is 6.54. The van der Waals surface area contributed by atoms with Gasteiger partial charge in [0.2, 0.25) is 5.91 Å². The van der Waals surface area contributed by atoms with Crippen molar-refractivity contribution in [1.82, 2.24) is 4.90 Å². The first-order valence-corrected chi connectivity index (χ1v) is 8.70. The van der Waals surface area contributed by atoms with Crippen molar-refractivity contribution in [2.75, 3.05) is 30.8 Å². The van der Waals surface area contributed by atoms with Crippen molar-refractivity contribution in [3.63, 3.8) is 0 Å². The molecule has 5 nitrogen and oxygen atoms in total. The molecule has 5 heteroatoms. The average molecular weight is 339 g/mol. The number of para-hydroxylation sites is 2. The first-order valence-electron chi connectivity index (χ1n) is 8.70. The number of rotatable bonds is 5. The van der Waals surface area contributed by atoms with Gasteiger partial charge >= 0.3 is 0 Å². The number of nitrogens with one attached hydrogen (secondary N) is 2. The molecule has 1 saturated heterocycles. The van der Waals surface area contributed by atoms with Gasteiger partial charge in [0.05, 0.1) is 11.4 Å². The Labute approximate surface area is 148 Å². The van der Waals surface area contributed by atoms with E-state index in [2.05, 4.69) is 22.6 Å². The van der Waals surface area contributed by atoms with Crippen molar-refractivity contribution in [3.8, 4) is 0 Å². The van der Waals surface area contributed by atoms with Crippen molar-refractivity contribution >= 4 is 23.4 Å². The van der Waals surface area contributed by atoms with Crippen LogP contribution in [0.4, 0.5) is 11.4 Å². The Morgan fingerprint density at radius 2 is 1.88 bits per heavy atom. The number of carbonyl (C=O) groups excluding carboxylic acids is 1. The Hall–Kier alpha value is -2.53. The van der Waals surface area contributed by atoms with Crippen LogP contribution in [0.25, 0.3) is 6.08 Å². The highest BCUT2D eigenvalue weighted by Gasteiger charge is 2.17. The van der Waals surface area contributed by atoms with E-state index in [0.29, 0.717) is 11.8 Å². The summed E-state index contributed by atoms with van der Waals surface area (Å²) in [5.41, 5.74) is 1.76. The first-order chi connectivity index (χ1) is 12.1. The number of benzene rings is 1. The lowest BCUT2D eigenvalue weighted by molar-refractivity contribution is -0.111. The van der Waals surface area contributed by atoms with Gasteiger partial charge in [-0.3, -0.25) is 4.79 Å². The minimum absolute atomic E-state index is 0.174.